The smallest absolute Gasteiger partial charge is 0.251 e. The summed E-state index contributed by atoms with van der Waals surface area (Å²) < 4.78 is 49.4. The van der Waals surface area contributed by atoms with E-state index in [2.05, 4.69) is 34.4 Å². The van der Waals surface area contributed by atoms with E-state index in [1.165, 1.54) is 7.11 Å². The molecule has 3 N–H and O–H groups in total. The quantitative estimate of drug-likeness (QED) is 0.256. The Labute approximate surface area is 274 Å². The first-order valence-corrected chi connectivity index (χ1v) is 17.9. The number of methoxy groups -OCH3 is 1. The Balaban J connectivity index is 1.55. The van der Waals surface area contributed by atoms with E-state index in [0.717, 1.165) is 5.69 Å². The van der Waals surface area contributed by atoms with E-state index in [-0.39, 0.29) is 18.1 Å². The second kappa shape index (κ2) is 14.8. The molecule has 2 aliphatic heterocycles. The molecule has 3 heterocycles. The number of aromatic nitrogens is 3. The van der Waals surface area contributed by atoms with Gasteiger partial charge < -0.3 is 34.5 Å². The minimum atomic E-state index is -2.95. The molecule has 1 unspecified atom stereocenters. The third kappa shape index (κ3) is 10.4. The summed E-state index contributed by atoms with van der Waals surface area (Å²) in [5.41, 5.74) is -1.74. The third-order valence-corrected chi connectivity index (χ3v) is 10.4. The van der Waals surface area contributed by atoms with Gasteiger partial charge in [-0.1, -0.05) is 5.21 Å². The standard InChI is InChI=1S/C31H57N5O9S/c1-28(2,3)45-24-22(37)23(38)26(31(8,9)42-10)44-25(24)27(39)32-13-11-30(6,7)43-16-12-29(4,5)36-21(19-33-34-36)20-35-14-17-46(40,41)18-15-35/h19,22-26,37-38H,11-18,20H2,1-10H3,(H,32,39)/t22-,23+,24+,25?,26-/m1/s1. The molecule has 2 aliphatic rings. The van der Waals surface area contributed by atoms with Crippen molar-refractivity contribution in [3.63, 3.8) is 0 Å². The van der Waals surface area contributed by atoms with Gasteiger partial charge in [0.2, 0.25) is 0 Å². The second-order valence-electron chi connectivity index (χ2n) is 15.2. The maximum Gasteiger partial charge on any atom is 0.251 e. The Hall–Kier alpha value is -1.72. The van der Waals surface area contributed by atoms with Crippen molar-refractivity contribution < 1.29 is 42.4 Å². The number of aliphatic hydroxyl groups excluding tert-OH is 2. The largest absolute Gasteiger partial charge is 0.387 e. The summed E-state index contributed by atoms with van der Waals surface area (Å²) in [6.07, 6.45) is -3.04. The number of aliphatic hydroxyl groups is 2. The van der Waals surface area contributed by atoms with E-state index in [1.807, 2.05) is 18.5 Å². The number of carbonyl (C=O) groups is 1. The SMILES string of the molecule is COC(C)(C)[C@@H]1OC(C(=O)NCCC(C)(C)OCCC(C)(C)n2nncc2CN2CCS(=O)(=O)CC2)[C@@H](OC(C)(C)C)[C@H](O)[C@@H]1O. The molecule has 0 bridgehead atoms. The predicted octanol–water partition coefficient (Wildman–Crippen LogP) is 1.03. The van der Waals surface area contributed by atoms with Crippen molar-refractivity contribution in [3.05, 3.63) is 11.9 Å². The molecule has 0 spiro atoms. The fraction of sp³-hybridized carbons (Fsp3) is 0.903. The summed E-state index contributed by atoms with van der Waals surface area (Å²) in [5.74, 6) is -0.130. The van der Waals surface area contributed by atoms with Crippen molar-refractivity contribution in [2.45, 2.75) is 135 Å². The Kier molecular flexibility index (Phi) is 12.5. The Morgan fingerprint density at radius 2 is 1.67 bits per heavy atom. The summed E-state index contributed by atoms with van der Waals surface area (Å²) >= 11 is 0. The summed E-state index contributed by atoms with van der Waals surface area (Å²) in [4.78, 5) is 15.5. The number of nitrogens with zero attached hydrogens (tertiary/aromatic N) is 4. The number of nitrogens with one attached hydrogen (secondary N) is 1. The lowest BCUT2D eigenvalue weighted by Gasteiger charge is -2.48. The van der Waals surface area contributed by atoms with Crippen LogP contribution in [0.3, 0.4) is 0 Å². The highest BCUT2D eigenvalue weighted by molar-refractivity contribution is 7.91. The fourth-order valence-electron chi connectivity index (χ4n) is 5.66. The van der Waals surface area contributed by atoms with Gasteiger partial charge in [0.05, 0.1) is 45.7 Å². The molecule has 0 aromatic carbocycles. The monoisotopic (exact) mass is 675 g/mol. The normalized spacial score (nSPS) is 26.7. The molecule has 1 aromatic heterocycles. The molecule has 1 aromatic rings. The molecule has 0 saturated carbocycles. The molecule has 3 rings (SSSR count). The lowest BCUT2D eigenvalue weighted by atomic mass is 9.86. The lowest BCUT2D eigenvalue weighted by molar-refractivity contribution is -0.278. The van der Waals surface area contributed by atoms with Gasteiger partial charge in [-0.15, -0.1) is 5.10 Å². The molecule has 2 saturated heterocycles. The van der Waals surface area contributed by atoms with Crippen molar-refractivity contribution in [2.75, 3.05) is 44.9 Å². The molecule has 2 fully saturated rings. The topological polar surface area (TPSA) is 175 Å². The van der Waals surface area contributed by atoms with Crippen molar-refractivity contribution in [1.82, 2.24) is 25.2 Å². The first-order valence-electron chi connectivity index (χ1n) is 16.1. The van der Waals surface area contributed by atoms with Crippen LogP contribution in [0.4, 0.5) is 0 Å². The first kappa shape index (κ1) is 38.7. The van der Waals surface area contributed by atoms with E-state index < -0.39 is 68.6 Å². The van der Waals surface area contributed by atoms with E-state index in [1.54, 1.807) is 40.8 Å². The van der Waals surface area contributed by atoms with Crippen LogP contribution in [0.15, 0.2) is 6.20 Å². The average Bonchev–Trinajstić information content (AvgIpc) is 3.40. The van der Waals surface area contributed by atoms with Crippen LogP contribution in [0, 0.1) is 0 Å². The fourth-order valence-corrected chi connectivity index (χ4v) is 6.94. The van der Waals surface area contributed by atoms with Gasteiger partial charge in [-0.25, -0.2) is 13.1 Å². The van der Waals surface area contributed by atoms with Crippen LogP contribution in [0.25, 0.3) is 0 Å². The maximum atomic E-state index is 13.4. The molecule has 5 atom stereocenters. The van der Waals surface area contributed by atoms with Gasteiger partial charge in [0, 0.05) is 39.9 Å². The van der Waals surface area contributed by atoms with Gasteiger partial charge in [-0.05, 0) is 75.2 Å². The second-order valence-corrected chi connectivity index (χ2v) is 17.5. The van der Waals surface area contributed by atoms with Gasteiger partial charge in [-0.3, -0.25) is 9.69 Å². The van der Waals surface area contributed by atoms with Crippen LogP contribution in [0.2, 0.25) is 0 Å². The molecule has 14 nitrogen and oxygen atoms in total. The Morgan fingerprint density at radius 3 is 2.26 bits per heavy atom. The zero-order valence-corrected chi connectivity index (χ0v) is 30.1. The molecule has 1 amide bonds. The van der Waals surface area contributed by atoms with Gasteiger partial charge >= 0.3 is 0 Å². The molecule has 266 valence electrons. The van der Waals surface area contributed by atoms with Crippen molar-refractivity contribution in [3.8, 4) is 0 Å². The van der Waals surface area contributed by atoms with Crippen molar-refractivity contribution >= 4 is 15.7 Å². The lowest BCUT2D eigenvalue weighted by Crippen LogP contribution is -2.67. The van der Waals surface area contributed by atoms with Gasteiger partial charge in [0.25, 0.3) is 5.91 Å². The molecule has 0 radical (unpaired) electrons. The number of amides is 1. The molecular formula is C31H57N5O9S. The van der Waals surface area contributed by atoms with E-state index in [9.17, 15) is 23.4 Å². The Bertz CT molecular complexity index is 1250. The summed E-state index contributed by atoms with van der Waals surface area (Å²) in [5, 5.41) is 33.2. The van der Waals surface area contributed by atoms with Gasteiger partial charge in [-0.2, -0.15) is 0 Å². The van der Waals surface area contributed by atoms with E-state index >= 15 is 0 Å². The number of hydrogen-bond donors (Lipinski definition) is 3. The summed E-state index contributed by atoms with van der Waals surface area (Å²) in [7, 11) is -1.47. The molecule has 15 heteroatoms. The number of sulfone groups is 1. The van der Waals surface area contributed by atoms with Crippen LogP contribution in [0.1, 0.15) is 80.8 Å². The highest BCUT2D eigenvalue weighted by Crippen LogP contribution is 2.33. The van der Waals surface area contributed by atoms with Crippen molar-refractivity contribution in [1.29, 1.82) is 0 Å². The average molecular weight is 676 g/mol. The minimum absolute atomic E-state index is 0.165. The van der Waals surface area contributed by atoms with Gasteiger partial charge in [0.15, 0.2) is 15.9 Å². The van der Waals surface area contributed by atoms with Crippen LogP contribution >= 0.6 is 0 Å². The minimum Gasteiger partial charge on any atom is -0.387 e. The highest BCUT2D eigenvalue weighted by atomic mass is 32.2. The first-order chi connectivity index (χ1) is 21.1. The molecular weight excluding hydrogens is 618 g/mol. The zero-order chi connectivity index (χ0) is 34.7. The number of carbonyl (C=O) groups excluding carboxylic acids is 1. The zero-order valence-electron chi connectivity index (χ0n) is 29.3. The summed E-state index contributed by atoms with van der Waals surface area (Å²) in [6, 6.07) is 0. The van der Waals surface area contributed by atoms with E-state index in [4.69, 9.17) is 18.9 Å². The van der Waals surface area contributed by atoms with E-state index in [0.29, 0.717) is 39.1 Å². The highest BCUT2D eigenvalue weighted by Gasteiger charge is 2.53. The number of hydrogen-bond acceptors (Lipinski definition) is 12. The maximum absolute atomic E-state index is 13.4. The van der Waals surface area contributed by atoms with Crippen LogP contribution in [-0.2, 0) is 45.7 Å². The molecule has 46 heavy (non-hydrogen) atoms. The summed E-state index contributed by atoms with van der Waals surface area (Å²) in [6.45, 7) is 19.2. The Morgan fingerprint density at radius 1 is 1.04 bits per heavy atom. The third-order valence-electron chi connectivity index (χ3n) is 8.80. The number of rotatable bonds is 14. The predicted molar refractivity (Wildman–Crippen MR) is 172 cm³/mol. The van der Waals surface area contributed by atoms with Crippen LogP contribution < -0.4 is 5.32 Å². The van der Waals surface area contributed by atoms with Crippen LogP contribution in [-0.4, -0.2) is 137 Å². The van der Waals surface area contributed by atoms with Crippen molar-refractivity contribution in [2.24, 2.45) is 0 Å². The van der Waals surface area contributed by atoms with Crippen LogP contribution in [0.5, 0.6) is 0 Å². The molecule has 0 aliphatic carbocycles. The number of ether oxygens (including phenoxy) is 4. The van der Waals surface area contributed by atoms with Gasteiger partial charge in [0.1, 0.15) is 24.4 Å².